The maximum Gasteiger partial charge on any atom is 0.0673 e. The van der Waals surface area contributed by atoms with Crippen molar-refractivity contribution in [3.05, 3.63) is 0 Å². The van der Waals surface area contributed by atoms with E-state index in [0.29, 0.717) is 17.6 Å². The minimum atomic E-state index is 0.309. The van der Waals surface area contributed by atoms with Crippen molar-refractivity contribution in [2.24, 2.45) is 17.3 Å². The highest BCUT2D eigenvalue weighted by atomic mass is 16.5. The molecule has 1 saturated carbocycles. The lowest BCUT2D eigenvalue weighted by Gasteiger charge is -2.35. The second kappa shape index (κ2) is 7.94. The lowest BCUT2D eigenvalue weighted by molar-refractivity contribution is 0.00683. The van der Waals surface area contributed by atoms with Crippen LogP contribution in [0.4, 0.5) is 0 Å². The van der Waals surface area contributed by atoms with Crippen molar-refractivity contribution in [2.75, 3.05) is 26.4 Å². The highest BCUT2D eigenvalue weighted by molar-refractivity contribution is 5.00. The van der Waals surface area contributed by atoms with Crippen molar-refractivity contribution >= 4 is 0 Å². The van der Waals surface area contributed by atoms with Crippen LogP contribution < -0.4 is 5.32 Å². The molecular formula is C18H35NO2. The van der Waals surface area contributed by atoms with Gasteiger partial charge in [-0.25, -0.2) is 0 Å². The predicted molar refractivity (Wildman–Crippen MR) is 87.5 cm³/mol. The summed E-state index contributed by atoms with van der Waals surface area (Å²) in [5.41, 5.74) is 0.309. The minimum Gasteiger partial charge on any atom is -0.381 e. The number of rotatable bonds is 10. The zero-order chi connectivity index (χ0) is 15.3. The summed E-state index contributed by atoms with van der Waals surface area (Å²) in [5.74, 6) is 1.55. The van der Waals surface area contributed by atoms with Crippen molar-refractivity contribution < 1.29 is 9.47 Å². The molecule has 0 aromatic carbocycles. The molecule has 3 nitrogen and oxygen atoms in total. The fraction of sp³-hybridized carbons (Fsp3) is 1.00. The van der Waals surface area contributed by atoms with Gasteiger partial charge in [-0.3, -0.25) is 0 Å². The zero-order valence-corrected chi connectivity index (χ0v) is 14.5. The average Bonchev–Trinajstić information content (AvgIpc) is 3.17. The number of hydrogen-bond donors (Lipinski definition) is 1. The Morgan fingerprint density at radius 2 is 1.95 bits per heavy atom. The standard InChI is InChI=1S/C18H35NO2/c1-14(2)7-10-20-11-8-18(13-19-15(3)4)9-12-21-17(18)16-5-6-16/h14-17,19H,5-13H2,1-4H3. The molecule has 2 unspecified atom stereocenters. The molecule has 0 radical (unpaired) electrons. The van der Waals surface area contributed by atoms with Crippen molar-refractivity contribution in [3.63, 3.8) is 0 Å². The molecule has 3 heteroatoms. The average molecular weight is 297 g/mol. The van der Waals surface area contributed by atoms with Crippen molar-refractivity contribution in [2.45, 2.75) is 71.9 Å². The largest absolute Gasteiger partial charge is 0.381 e. The summed E-state index contributed by atoms with van der Waals surface area (Å²) < 4.78 is 12.0. The first-order valence-electron chi connectivity index (χ1n) is 8.96. The Balaban J connectivity index is 1.83. The Labute approximate surface area is 131 Å². The lowest BCUT2D eigenvalue weighted by atomic mass is 9.76. The molecular weight excluding hydrogens is 262 g/mol. The maximum atomic E-state index is 6.12. The summed E-state index contributed by atoms with van der Waals surface area (Å²) in [4.78, 5) is 0. The van der Waals surface area contributed by atoms with Crippen LogP contribution in [0.2, 0.25) is 0 Å². The van der Waals surface area contributed by atoms with Crippen LogP contribution in [0.1, 0.15) is 59.8 Å². The highest BCUT2D eigenvalue weighted by Gasteiger charge is 2.50. The quantitative estimate of drug-likeness (QED) is 0.625. The molecule has 1 saturated heterocycles. The third-order valence-electron chi connectivity index (χ3n) is 5.00. The van der Waals surface area contributed by atoms with E-state index in [1.165, 1.54) is 25.7 Å². The second-order valence-corrected chi connectivity index (χ2v) is 7.82. The van der Waals surface area contributed by atoms with Gasteiger partial charge in [0, 0.05) is 37.8 Å². The van der Waals surface area contributed by atoms with Crippen LogP contribution in [-0.4, -0.2) is 38.5 Å². The van der Waals surface area contributed by atoms with Gasteiger partial charge in [0.15, 0.2) is 0 Å². The number of nitrogens with one attached hydrogen (secondary N) is 1. The van der Waals surface area contributed by atoms with E-state index in [-0.39, 0.29) is 0 Å². The summed E-state index contributed by atoms with van der Waals surface area (Å²) >= 11 is 0. The normalized spacial score (nSPS) is 29.7. The smallest absolute Gasteiger partial charge is 0.0673 e. The molecule has 1 aliphatic carbocycles. The fourth-order valence-electron chi connectivity index (χ4n) is 3.39. The van der Waals surface area contributed by atoms with E-state index in [1.54, 1.807) is 0 Å². The van der Waals surface area contributed by atoms with Crippen LogP contribution in [0.15, 0.2) is 0 Å². The van der Waals surface area contributed by atoms with Gasteiger partial charge in [-0.2, -0.15) is 0 Å². The van der Waals surface area contributed by atoms with E-state index in [9.17, 15) is 0 Å². The molecule has 1 heterocycles. The van der Waals surface area contributed by atoms with E-state index in [1.807, 2.05) is 0 Å². The van der Waals surface area contributed by atoms with Crippen molar-refractivity contribution in [1.29, 1.82) is 0 Å². The van der Waals surface area contributed by atoms with Crippen LogP contribution in [0.5, 0.6) is 0 Å². The third kappa shape index (κ3) is 5.22. The Hall–Kier alpha value is -0.120. The van der Waals surface area contributed by atoms with Gasteiger partial charge < -0.3 is 14.8 Å². The first-order chi connectivity index (χ1) is 10.0. The summed E-state index contributed by atoms with van der Waals surface area (Å²) in [6.07, 6.45) is 6.70. The molecule has 0 spiro atoms. The molecule has 0 amide bonds. The zero-order valence-electron chi connectivity index (χ0n) is 14.5. The summed E-state index contributed by atoms with van der Waals surface area (Å²) in [7, 11) is 0. The van der Waals surface area contributed by atoms with E-state index in [2.05, 4.69) is 33.0 Å². The lowest BCUT2D eigenvalue weighted by Crippen LogP contribution is -2.44. The first kappa shape index (κ1) is 17.2. The van der Waals surface area contributed by atoms with Gasteiger partial charge in [0.25, 0.3) is 0 Å². The number of hydrogen-bond acceptors (Lipinski definition) is 3. The second-order valence-electron chi connectivity index (χ2n) is 7.82. The Kier molecular flexibility index (Phi) is 6.51. The molecule has 2 rings (SSSR count). The topological polar surface area (TPSA) is 30.5 Å². The molecule has 2 atom stereocenters. The molecule has 2 fully saturated rings. The molecule has 0 aromatic rings. The van der Waals surface area contributed by atoms with Gasteiger partial charge in [0.2, 0.25) is 0 Å². The van der Waals surface area contributed by atoms with Crippen LogP contribution in [0.25, 0.3) is 0 Å². The van der Waals surface area contributed by atoms with E-state index in [0.717, 1.165) is 44.6 Å². The van der Waals surface area contributed by atoms with Crippen LogP contribution >= 0.6 is 0 Å². The molecule has 1 aliphatic heterocycles. The first-order valence-corrected chi connectivity index (χ1v) is 8.96. The Morgan fingerprint density at radius 1 is 1.19 bits per heavy atom. The predicted octanol–water partition coefficient (Wildman–Crippen LogP) is 3.62. The summed E-state index contributed by atoms with van der Waals surface area (Å²) in [6, 6.07) is 0.546. The Bertz CT molecular complexity index is 302. The van der Waals surface area contributed by atoms with Gasteiger partial charge in [-0.05, 0) is 43.9 Å². The highest BCUT2D eigenvalue weighted by Crippen LogP contribution is 2.49. The van der Waals surface area contributed by atoms with Gasteiger partial charge in [-0.15, -0.1) is 0 Å². The molecule has 0 aromatic heterocycles. The van der Waals surface area contributed by atoms with Crippen LogP contribution in [0, 0.1) is 17.3 Å². The monoisotopic (exact) mass is 297 g/mol. The summed E-state index contributed by atoms with van der Waals surface area (Å²) in [6.45, 7) is 12.8. The van der Waals surface area contributed by atoms with E-state index >= 15 is 0 Å². The minimum absolute atomic E-state index is 0.309. The van der Waals surface area contributed by atoms with Crippen molar-refractivity contribution in [3.8, 4) is 0 Å². The van der Waals surface area contributed by atoms with Crippen LogP contribution in [0.3, 0.4) is 0 Å². The van der Waals surface area contributed by atoms with Crippen molar-refractivity contribution in [1.82, 2.24) is 5.32 Å². The van der Waals surface area contributed by atoms with Gasteiger partial charge in [0.1, 0.15) is 0 Å². The maximum absolute atomic E-state index is 6.12. The van der Waals surface area contributed by atoms with E-state index < -0.39 is 0 Å². The number of ether oxygens (including phenoxy) is 2. The molecule has 2 aliphatic rings. The molecule has 124 valence electrons. The molecule has 1 N–H and O–H groups in total. The fourth-order valence-corrected chi connectivity index (χ4v) is 3.39. The van der Waals surface area contributed by atoms with E-state index in [4.69, 9.17) is 9.47 Å². The summed E-state index contributed by atoms with van der Waals surface area (Å²) in [5, 5.41) is 3.66. The SMILES string of the molecule is CC(C)CCOCCC1(CNC(C)C)CCOC1C1CC1. The van der Waals surface area contributed by atoms with Gasteiger partial charge in [-0.1, -0.05) is 27.7 Å². The van der Waals surface area contributed by atoms with Crippen LogP contribution in [-0.2, 0) is 9.47 Å². The molecule has 0 bridgehead atoms. The molecule has 21 heavy (non-hydrogen) atoms. The Morgan fingerprint density at radius 3 is 2.57 bits per heavy atom. The van der Waals surface area contributed by atoms with Gasteiger partial charge >= 0.3 is 0 Å². The third-order valence-corrected chi connectivity index (χ3v) is 5.00. The van der Waals surface area contributed by atoms with Gasteiger partial charge in [0.05, 0.1) is 6.10 Å².